The predicted octanol–water partition coefficient (Wildman–Crippen LogP) is 0.975. The van der Waals surface area contributed by atoms with Crippen molar-refractivity contribution in [2.24, 2.45) is 0 Å². The first-order valence-corrected chi connectivity index (χ1v) is 6.85. The minimum atomic E-state index is -0.346. The van der Waals surface area contributed by atoms with Gasteiger partial charge < -0.3 is 15.0 Å². The van der Waals surface area contributed by atoms with E-state index >= 15 is 0 Å². The van der Waals surface area contributed by atoms with E-state index in [0.29, 0.717) is 25.9 Å². The van der Waals surface area contributed by atoms with Gasteiger partial charge in [0.25, 0.3) is 0 Å². The summed E-state index contributed by atoms with van der Waals surface area (Å²) in [6.45, 7) is 3.02. The molecule has 1 aromatic carbocycles. The largest absolute Gasteiger partial charge is 0.497 e. The van der Waals surface area contributed by atoms with Crippen LogP contribution in [0.5, 0.6) is 5.75 Å². The zero-order valence-corrected chi connectivity index (χ0v) is 11.9. The van der Waals surface area contributed by atoms with Gasteiger partial charge in [-0.2, -0.15) is 0 Å². The maximum absolute atomic E-state index is 12.4. The van der Waals surface area contributed by atoms with Gasteiger partial charge in [0.2, 0.25) is 11.8 Å². The molecular formula is C15H20N2O3. The number of methoxy groups -OCH3 is 1. The lowest BCUT2D eigenvalue weighted by Crippen LogP contribution is -2.57. The fraction of sp³-hybridized carbons (Fsp3) is 0.467. The maximum Gasteiger partial charge on any atom is 0.242 e. The van der Waals surface area contributed by atoms with Crippen molar-refractivity contribution in [1.29, 1.82) is 0 Å². The highest BCUT2D eigenvalue weighted by atomic mass is 16.5. The molecule has 0 radical (unpaired) electrons. The van der Waals surface area contributed by atoms with Crippen molar-refractivity contribution in [3.63, 3.8) is 0 Å². The van der Waals surface area contributed by atoms with Gasteiger partial charge in [0.05, 0.1) is 13.5 Å². The van der Waals surface area contributed by atoms with Crippen LogP contribution in [0.25, 0.3) is 0 Å². The number of hydrogen-bond donors (Lipinski definition) is 1. The standard InChI is InChI=1S/C15H20N2O3/c1-3-13-15(19)16-7-8-17(13)14(18)10-11-5-4-6-12(9-11)20-2/h4-6,9,13H,3,7-8,10H2,1-2H3,(H,16,19). The molecule has 2 rings (SSSR count). The van der Waals surface area contributed by atoms with Crippen LogP contribution in [-0.4, -0.2) is 43.0 Å². The molecule has 1 N–H and O–H groups in total. The van der Waals surface area contributed by atoms with Crippen molar-refractivity contribution in [2.75, 3.05) is 20.2 Å². The zero-order valence-electron chi connectivity index (χ0n) is 11.9. The third-order valence-electron chi connectivity index (χ3n) is 3.53. The van der Waals surface area contributed by atoms with Crippen LogP contribution >= 0.6 is 0 Å². The molecule has 1 unspecified atom stereocenters. The molecule has 0 aromatic heterocycles. The van der Waals surface area contributed by atoms with Gasteiger partial charge in [0.15, 0.2) is 0 Å². The summed E-state index contributed by atoms with van der Waals surface area (Å²) in [5, 5.41) is 2.80. The summed E-state index contributed by atoms with van der Waals surface area (Å²) in [6.07, 6.45) is 0.927. The molecule has 1 heterocycles. The molecule has 0 bridgehead atoms. The average Bonchev–Trinajstić information content (AvgIpc) is 2.47. The number of ether oxygens (including phenoxy) is 1. The molecule has 5 heteroatoms. The summed E-state index contributed by atoms with van der Waals surface area (Å²) < 4.78 is 5.15. The van der Waals surface area contributed by atoms with E-state index in [1.807, 2.05) is 31.2 Å². The van der Waals surface area contributed by atoms with Crippen LogP contribution in [0.1, 0.15) is 18.9 Å². The van der Waals surface area contributed by atoms with Gasteiger partial charge in [0, 0.05) is 13.1 Å². The highest BCUT2D eigenvalue weighted by molar-refractivity contribution is 5.89. The third-order valence-corrected chi connectivity index (χ3v) is 3.53. The van der Waals surface area contributed by atoms with E-state index in [4.69, 9.17) is 4.74 Å². The van der Waals surface area contributed by atoms with Crippen LogP contribution in [0.4, 0.5) is 0 Å². The van der Waals surface area contributed by atoms with Gasteiger partial charge >= 0.3 is 0 Å². The van der Waals surface area contributed by atoms with E-state index in [0.717, 1.165) is 11.3 Å². The van der Waals surface area contributed by atoms with Gasteiger partial charge in [0.1, 0.15) is 11.8 Å². The first-order valence-electron chi connectivity index (χ1n) is 6.85. The molecule has 20 heavy (non-hydrogen) atoms. The van der Waals surface area contributed by atoms with Crippen LogP contribution in [0.3, 0.4) is 0 Å². The predicted molar refractivity (Wildman–Crippen MR) is 75.5 cm³/mol. The molecule has 1 aromatic rings. The maximum atomic E-state index is 12.4. The first kappa shape index (κ1) is 14.4. The number of nitrogens with one attached hydrogen (secondary N) is 1. The molecular weight excluding hydrogens is 256 g/mol. The number of piperazine rings is 1. The van der Waals surface area contributed by atoms with Crippen LogP contribution < -0.4 is 10.1 Å². The fourth-order valence-corrected chi connectivity index (χ4v) is 2.48. The normalized spacial score (nSPS) is 18.6. The van der Waals surface area contributed by atoms with Crippen molar-refractivity contribution in [2.45, 2.75) is 25.8 Å². The molecule has 108 valence electrons. The second-order valence-electron chi connectivity index (χ2n) is 4.83. The second-order valence-corrected chi connectivity index (χ2v) is 4.83. The van der Waals surface area contributed by atoms with Gasteiger partial charge in [-0.3, -0.25) is 9.59 Å². The van der Waals surface area contributed by atoms with Crippen LogP contribution in [0.2, 0.25) is 0 Å². The highest BCUT2D eigenvalue weighted by Gasteiger charge is 2.31. The smallest absolute Gasteiger partial charge is 0.242 e. The SMILES string of the molecule is CCC1C(=O)NCCN1C(=O)Cc1cccc(OC)c1. The van der Waals surface area contributed by atoms with Crippen molar-refractivity contribution < 1.29 is 14.3 Å². The zero-order chi connectivity index (χ0) is 14.5. The topological polar surface area (TPSA) is 58.6 Å². The second kappa shape index (κ2) is 6.41. The van der Waals surface area contributed by atoms with Gasteiger partial charge in [-0.15, -0.1) is 0 Å². The first-order chi connectivity index (χ1) is 9.65. The summed E-state index contributed by atoms with van der Waals surface area (Å²) in [6, 6.07) is 7.11. The lowest BCUT2D eigenvalue weighted by atomic mass is 10.1. The van der Waals surface area contributed by atoms with Crippen molar-refractivity contribution in [3.8, 4) is 5.75 Å². The average molecular weight is 276 g/mol. The quantitative estimate of drug-likeness (QED) is 0.891. The van der Waals surface area contributed by atoms with Crippen LogP contribution in [0.15, 0.2) is 24.3 Å². The van der Waals surface area contributed by atoms with Crippen LogP contribution in [-0.2, 0) is 16.0 Å². The minimum absolute atomic E-state index is 0.0139. The summed E-state index contributed by atoms with van der Waals surface area (Å²) in [5.41, 5.74) is 0.898. The summed E-state index contributed by atoms with van der Waals surface area (Å²) in [5.74, 6) is 0.663. The Bertz CT molecular complexity index is 502. The lowest BCUT2D eigenvalue weighted by Gasteiger charge is -2.34. The molecule has 1 saturated heterocycles. The minimum Gasteiger partial charge on any atom is -0.497 e. The van der Waals surface area contributed by atoms with Crippen molar-refractivity contribution in [3.05, 3.63) is 29.8 Å². The van der Waals surface area contributed by atoms with Gasteiger partial charge in [-0.1, -0.05) is 19.1 Å². The molecule has 2 amide bonds. The van der Waals surface area contributed by atoms with Crippen molar-refractivity contribution >= 4 is 11.8 Å². The van der Waals surface area contributed by atoms with Gasteiger partial charge in [-0.25, -0.2) is 0 Å². The number of benzene rings is 1. The number of hydrogen-bond acceptors (Lipinski definition) is 3. The Balaban J connectivity index is 2.08. The summed E-state index contributed by atoms with van der Waals surface area (Å²) >= 11 is 0. The van der Waals surface area contributed by atoms with Crippen LogP contribution in [0, 0.1) is 0 Å². The van der Waals surface area contributed by atoms with Crippen molar-refractivity contribution in [1.82, 2.24) is 10.2 Å². The van der Waals surface area contributed by atoms with Gasteiger partial charge in [-0.05, 0) is 24.1 Å². The summed E-state index contributed by atoms with van der Waals surface area (Å²) in [4.78, 5) is 25.8. The molecule has 0 spiro atoms. The van der Waals surface area contributed by atoms with E-state index in [9.17, 15) is 9.59 Å². The number of nitrogens with zero attached hydrogens (tertiary/aromatic N) is 1. The van der Waals surface area contributed by atoms with E-state index in [-0.39, 0.29) is 17.9 Å². The molecule has 5 nitrogen and oxygen atoms in total. The lowest BCUT2D eigenvalue weighted by molar-refractivity contribution is -0.142. The molecule has 0 saturated carbocycles. The number of amides is 2. The third kappa shape index (κ3) is 3.10. The number of rotatable bonds is 4. The fourth-order valence-electron chi connectivity index (χ4n) is 2.48. The summed E-state index contributed by atoms with van der Waals surface area (Å²) in [7, 11) is 1.60. The Morgan fingerprint density at radius 2 is 2.30 bits per heavy atom. The Hall–Kier alpha value is -2.04. The van der Waals surface area contributed by atoms with E-state index in [2.05, 4.69) is 5.32 Å². The molecule has 1 aliphatic rings. The molecule has 1 atom stereocenters. The molecule has 0 aliphatic carbocycles. The highest BCUT2D eigenvalue weighted by Crippen LogP contribution is 2.16. The Kier molecular flexibility index (Phi) is 4.61. The number of carbonyl (C=O) groups is 2. The monoisotopic (exact) mass is 276 g/mol. The van der Waals surface area contributed by atoms with E-state index in [1.54, 1.807) is 12.0 Å². The van der Waals surface area contributed by atoms with E-state index < -0.39 is 0 Å². The molecule has 1 fully saturated rings. The Labute approximate surface area is 118 Å². The van der Waals surface area contributed by atoms with E-state index in [1.165, 1.54) is 0 Å². The molecule has 1 aliphatic heterocycles. The number of carbonyl (C=O) groups excluding carboxylic acids is 2. The Morgan fingerprint density at radius 1 is 1.50 bits per heavy atom. The Morgan fingerprint density at radius 3 is 3.00 bits per heavy atom.